The Hall–Kier alpha value is -0.770. The van der Waals surface area contributed by atoms with Crippen LogP contribution in [0.15, 0.2) is 18.2 Å². The fraction of sp³-hybridized carbons (Fsp3) is 0.417. The lowest BCUT2D eigenvalue weighted by molar-refractivity contribution is -0.144. The molecule has 0 aliphatic carbocycles. The van der Waals surface area contributed by atoms with E-state index in [1.807, 2.05) is 0 Å². The Bertz CT molecular complexity index is 442. The highest BCUT2D eigenvalue weighted by Gasteiger charge is 2.41. The lowest BCUT2D eigenvalue weighted by Crippen LogP contribution is -2.49. The van der Waals surface area contributed by atoms with E-state index in [4.69, 9.17) is 23.2 Å². The molecule has 0 spiro atoms. The molecular weight excluding hydrogens is 261 g/mol. The Kier molecular flexibility index (Phi) is 3.61. The Balaban J connectivity index is 2.29. The summed E-state index contributed by atoms with van der Waals surface area (Å²) in [4.78, 5) is 11.4. The average Bonchev–Trinajstić information content (AvgIpc) is 2.73. The first-order chi connectivity index (χ1) is 8.03. The molecule has 2 rings (SSSR count). The second-order valence-corrected chi connectivity index (χ2v) is 5.17. The molecule has 1 heterocycles. The maximum absolute atomic E-state index is 11.4. The molecule has 1 atom stereocenters. The predicted molar refractivity (Wildman–Crippen MR) is 67.8 cm³/mol. The fourth-order valence-corrected chi connectivity index (χ4v) is 2.60. The van der Waals surface area contributed by atoms with Gasteiger partial charge in [-0.3, -0.25) is 4.79 Å². The summed E-state index contributed by atoms with van der Waals surface area (Å²) in [5.41, 5.74) is -0.120. The summed E-state index contributed by atoms with van der Waals surface area (Å²) >= 11 is 12.0. The zero-order valence-corrected chi connectivity index (χ0v) is 10.7. The summed E-state index contributed by atoms with van der Waals surface area (Å²) in [5, 5.41) is 13.5. The molecule has 1 saturated heterocycles. The van der Waals surface area contributed by atoms with Crippen LogP contribution in [0.4, 0.5) is 0 Å². The minimum absolute atomic E-state index is 0.363. The van der Waals surface area contributed by atoms with Crippen LogP contribution in [0.3, 0.4) is 0 Å². The van der Waals surface area contributed by atoms with Crippen molar-refractivity contribution in [2.75, 3.05) is 6.54 Å². The van der Waals surface area contributed by atoms with Gasteiger partial charge in [0.05, 0.1) is 0 Å². The van der Waals surface area contributed by atoms with Crippen LogP contribution in [-0.4, -0.2) is 23.2 Å². The standard InChI is InChI=1S/C12H13Cl2NO2/c13-9-2-3-10(14)8(6-9)7-12(11(16)17)4-1-5-15-12/h2-3,6,15H,1,4-5,7H2,(H,16,17). The van der Waals surface area contributed by atoms with Crippen molar-refractivity contribution < 1.29 is 9.90 Å². The molecule has 1 aromatic carbocycles. The largest absolute Gasteiger partial charge is 0.480 e. The molecule has 1 fully saturated rings. The number of carboxylic acids is 1. The number of aliphatic carboxylic acids is 1. The molecule has 2 N–H and O–H groups in total. The monoisotopic (exact) mass is 273 g/mol. The molecule has 1 aliphatic heterocycles. The number of rotatable bonds is 3. The summed E-state index contributed by atoms with van der Waals surface area (Å²) in [5.74, 6) is -0.828. The van der Waals surface area contributed by atoms with Crippen LogP contribution in [0.5, 0.6) is 0 Å². The lowest BCUT2D eigenvalue weighted by Gasteiger charge is -2.25. The maximum Gasteiger partial charge on any atom is 0.324 e. The second-order valence-electron chi connectivity index (χ2n) is 4.33. The van der Waals surface area contributed by atoms with Crippen LogP contribution in [0.2, 0.25) is 10.0 Å². The van der Waals surface area contributed by atoms with Crippen LogP contribution in [0, 0.1) is 0 Å². The number of hydrogen-bond donors (Lipinski definition) is 2. The molecule has 5 heteroatoms. The highest BCUT2D eigenvalue weighted by atomic mass is 35.5. The third-order valence-electron chi connectivity index (χ3n) is 3.15. The van der Waals surface area contributed by atoms with Crippen LogP contribution >= 0.6 is 23.2 Å². The van der Waals surface area contributed by atoms with E-state index in [1.165, 1.54) is 0 Å². The van der Waals surface area contributed by atoms with Crippen LogP contribution in [-0.2, 0) is 11.2 Å². The van der Waals surface area contributed by atoms with Crippen molar-refractivity contribution in [2.45, 2.75) is 24.8 Å². The first-order valence-corrected chi connectivity index (χ1v) is 6.21. The highest BCUT2D eigenvalue weighted by Crippen LogP contribution is 2.29. The van der Waals surface area contributed by atoms with Crippen molar-refractivity contribution in [1.29, 1.82) is 0 Å². The molecular formula is C12H13Cl2NO2. The Morgan fingerprint density at radius 1 is 1.47 bits per heavy atom. The van der Waals surface area contributed by atoms with E-state index in [1.54, 1.807) is 18.2 Å². The summed E-state index contributed by atoms with van der Waals surface area (Å²) in [6.45, 7) is 0.727. The molecule has 0 aromatic heterocycles. The van der Waals surface area contributed by atoms with Crippen molar-refractivity contribution in [1.82, 2.24) is 5.32 Å². The summed E-state index contributed by atoms with van der Waals surface area (Å²) in [6.07, 6.45) is 1.84. The van der Waals surface area contributed by atoms with E-state index in [9.17, 15) is 9.90 Å². The maximum atomic E-state index is 11.4. The molecule has 1 aromatic rings. The van der Waals surface area contributed by atoms with Crippen molar-refractivity contribution in [3.8, 4) is 0 Å². The van der Waals surface area contributed by atoms with Gasteiger partial charge in [-0.15, -0.1) is 0 Å². The average molecular weight is 274 g/mol. The van der Waals surface area contributed by atoms with E-state index in [-0.39, 0.29) is 0 Å². The zero-order valence-electron chi connectivity index (χ0n) is 9.17. The first kappa shape index (κ1) is 12.7. The van der Waals surface area contributed by atoms with E-state index < -0.39 is 11.5 Å². The van der Waals surface area contributed by atoms with E-state index in [0.29, 0.717) is 22.9 Å². The third kappa shape index (κ3) is 2.57. The van der Waals surface area contributed by atoms with Crippen LogP contribution < -0.4 is 5.32 Å². The highest BCUT2D eigenvalue weighted by molar-refractivity contribution is 6.33. The molecule has 0 saturated carbocycles. The quantitative estimate of drug-likeness (QED) is 0.891. The molecule has 17 heavy (non-hydrogen) atoms. The van der Waals surface area contributed by atoms with Crippen LogP contribution in [0.25, 0.3) is 0 Å². The van der Waals surface area contributed by atoms with Crippen molar-refractivity contribution in [2.24, 2.45) is 0 Å². The van der Waals surface area contributed by atoms with E-state index >= 15 is 0 Å². The van der Waals surface area contributed by atoms with Crippen LogP contribution in [0.1, 0.15) is 18.4 Å². The van der Waals surface area contributed by atoms with Crippen molar-refractivity contribution in [3.05, 3.63) is 33.8 Å². The smallest absolute Gasteiger partial charge is 0.324 e. The summed E-state index contributed by atoms with van der Waals surface area (Å²) < 4.78 is 0. The molecule has 0 amide bonds. The SMILES string of the molecule is O=C(O)C1(Cc2cc(Cl)ccc2Cl)CCCN1. The molecule has 0 radical (unpaired) electrons. The zero-order chi connectivity index (χ0) is 12.5. The van der Waals surface area contributed by atoms with E-state index in [2.05, 4.69) is 5.32 Å². The van der Waals surface area contributed by atoms with Gasteiger partial charge in [0.15, 0.2) is 0 Å². The summed E-state index contributed by atoms with van der Waals surface area (Å²) in [6, 6.07) is 5.13. The summed E-state index contributed by atoms with van der Waals surface area (Å²) in [7, 11) is 0. The van der Waals surface area contributed by atoms with Crippen molar-refractivity contribution in [3.63, 3.8) is 0 Å². The van der Waals surface area contributed by atoms with Gasteiger partial charge in [0.2, 0.25) is 0 Å². The van der Waals surface area contributed by atoms with Gasteiger partial charge < -0.3 is 10.4 Å². The Morgan fingerprint density at radius 2 is 2.24 bits per heavy atom. The first-order valence-electron chi connectivity index (χ1n) is 5.46. The topological polar surface area (TPSA) is 49.3 Å². The third-order valence-corrected chi connectivity index (χ3v) is 3.76. The van der Waals surface area contributed by atoms with Crippen molar-refractivity contribution >= 4 is 29.2 Å². The number of benzene rings is 1. The molecule has 1 aliphatic rings. The number of halogens is 2. The minimum atomic E-state index is -0.895. The number of carbonyl (C=O) groups is 1. The van der Waals surface area contributed by atoms with Gasteiger partial charge in [0, 0.05) is 16.5 Å². The molecule has 3 nitrogen and oxygen atoms in total. The normalized spacial score (nSPS) is 23.9. The Labute approximate surface area is 110 Å². The fourth-order valence-electron chi connectivity index (χ4n) is 2.22. The number of nitrogens with one attached hydrogen (secondary N) is 1. The second kappa shape index (κ2) is 4.84. The minimum Gasteiger partial charge on any atom is -0.480 e. The molecule has 1 unspecified atom stereocenters. The van der Waals surface area contributed by atoms with Gasteiger partial charge in [0.1, 0.15) is 5.54 Å². The van der Waals surface area contributed by atoms with Gasteiger partial charge >= 0.3 is 5.97 Å². The molecule has 0 bridgehead atoms. The van der Waals surface area contributed by atoms with Gasteiger partial charge in [-0.05, 0) is 43.1 Å². The Morgan fingerprint density at radius 3 is 2.82 bits per heavy atom. The van der Waals surface area contributed by atoms with Gasteiger partial charge in [-0.1, -0.05) is 23.2 Å². The van der Waals surface area contributed by atoms with E-state index in [0.717, 1.165) is 18.5 Å². The van der Waals surface area contributed by atoms with Gasteiger partial charge in [0.25, 0.3) is 0 Å². The van der Waals surface area contributed by atoms with Gasteiger partial charge in [-0.25, -0.2) is 0 Å². The number of hydrogen-bond acceptors (Lipinski definition) is 2. The number of carboxylic acid groups (broad SMARTS) is 1. The molecule has 92 valence electrons. The predicted octanol–water partition coefficient (Wildman–Crippen LogP) is 2.74. The van der Waals surface area contributed by atoms with Gasteiger partial charge in [-0.2, -0.15) is 0 Å². The lowest BCUT2D eigenvalue weighted by atomic mass is 9.89.